The number of epoxide rings is 1. The number of fused-ring (bicyclic) bond motifs is 1. The van der Waals surface area contributed by atoms with Gasteiger partial charge in [-0.25, -0.2) is 4.79 Å². The van der Waals surface area contributed by atoms with Crippen molar-refractivity contribution in [3.8, 4) is 0 Å². The van der Waals surface area contributed by atoms with E-state index in [0.717, 1.165) is 19.3 Å². The van der Waals surface area contributed by atoms with Crippen LogP contribution in [0.4, 0.5) is 0 Å². The molecule has 3 heteroatoms. The summed E-state index contributed by atoms with van der Waals surface area (Å²) in [7, 11) is 0. The molecule has 0 amide bonds. The Labute approximate surface area is 84.1 Å². The number of carbonyl (C=O) groups is 1. The molecule has 1 heterocycles. The van der Waals surface area contributed by atoms with Crippen molar-refractivity contribution < 1.29 is 14.3 Å². The molecule has 3 nitrogen and oxygen atoms in total. The van der Waals surface area contributed by atoms with Crippen molar-refractivity contribution in [2.45, 2.75) is 50.9 Å². The minimum Gasteiger partial charge on any atom is -0.456 e. The lowest BCUT2D eigenvalue weighted by atomic mass is 9.86. The second kappa shape index (κ2) is 3.09. The van der Waals surface area contributed by atoms with Crippen LogP contribution in [0.2, 0.25) is 0 Å². The van der Waals surface area contributed by atoms with Crippen LogP contribution in [0.5, 0.6) is 0 Å². The van der Waals surface area contributed by atoms with Crippen molar-refractivity contribution in [2.24, 2.45) is 0 Å². The lowest BCUT2D eigenvalue weighted by Gasteiger charge is -2.31. The van der Waals surface area contributed by atoms with E-state index in [0.29, 0.717) is 17.8 Å². The Kier molecular flexibility index (Phi) is 2.14. The first-order valence-electron chi connectivity index (χ1n) is 5.04. The molecule has 0 bridgehead atoms. The fourth-order valence-corrected chi connectivity index (χ4v) is 1.99. The van der Waals surface area contributed by atoms with Crippen LogP contribution < -0.4 is 0 Å². The standard InChI is InChI=1S/C11H16O3/c1-7(2)10(12)14-11(3)5-4-8-9(6-11)13-8/h8-9H,1,4-6H2,2-3H3. The van der Waals surface area contributed by atoms with E-state index in [-0.39, 0.29) is 11.6 Å². The molecule has 0 aromatic heterocycles. The Bertz CT molecular complexity index is 284. The maximum Gasteiger partial charge on any atom is 0.333 e. The molecule has 3 atom stereocenters. The third kappa shape index (κ3) is 1.82. The number of esters is 1. The lowest BCUT2D eigenvalue weighted by molar-refractivity contribution is -0.155. The van der Waals surface area contributed by atoms with Crippen LogP contribution in [0.25, 0.3) is 0 Å². The van der Waals surface area contributed by atoms with Crippen molar-refractivity contribution >= 4 is 5.97 Å². The van der Waals surface area contributed by atoms with Crippen LogP contribution in [-0.4, -0.2) is 23.8 Å². The summed E-state index contributed by atoms with van der Waals surface area (Å²) in [5.74, 6) is -0.286. The van der Waals surface area contributed by atoms with Gasteiger partial charge in [-0.05, 0) is 26.7 Å². The van der Waals surface area contributed by atoms with Crippen LogP contribution in [0.3, 0.4) is 0 Å². The smallest absolute Gasteiger partial charge is 0.333 e. The molecule has 0 spiro atoms. The van der Waals surface area contributed by atoms with Gasteiger partial charge >= 0.3 is 5.97 Å². The highest BCUT2D eigenvalue weighted by molar-refractivity contribution is 5.87. The van der Waals surface area contributed by atoms with Crippen molar-refractivity contribution in [1.29, 1.82) is 0 Å². The van der Waals surface area contributed by atoms with Gasteiger partial charge in [-0.2, -0.15) is 0 Å². The number of carbonyl (C=O) groups excluding carboxylic acids is 1. The molecule has 0 aromatic carbocycles. The Morgan fingerprint density at radius 2 is 2.29 bits per heavy atom. The normalized spacial score (nSPS) is 39.9. The number of hydrogen-bond donors (Lipinski definition) is 0. The maximum absolute atomic E-state index is 11.4. The molecule has 14 heavy (non-hydrogen) atoms. The fraction of sp³-hybridized carbons (Fsp3) is 0.727. The van der Waals surface area contributed by atoms with E-state index in [1.807, 2.05) is 6.92 Å². The number of hydrogen-bond acceptors (Lipinski definition) is 3. The van der Waals surface area contributed by atoms with E-state index in [1.165, 1.54) is 0 Å². The summed E-state index contributed by atoms with van der Waals surface area (Å²) < 4.78 is 10.8. The van der Waals surface area contributed by atoms with Crippen LogP contribution in [0.15, 0.2) is 12.2 Å². The molecule has 1 aliphatic heterocycles. The zero-order chi connectivity index (χ0) is 10.3. The molecule has 0 radical (unpaired) electrons. The highest BCUT2D eigenvalue weighted by Crippen LogP contribution is 2.43. The highest BCUT2D eigenvalue weighted by atomic mass is 16.6. The zero-order valence-corrected chi connectivity index (χ0v) is 8.71. The van der Waals surface area contributed by atoms with E-state index in [4.69, 9.17) is 9.47 Å². The van der Waals surface area contributed by atoms with Gasteiger partial charge in [-0.3, -0.25) is 0 Å². The molecule has 1 saturated carbocycles. The quantitative estimate of drug-likeness (QED) is 0.384. The molecule has 1 aliphatic carbocycles. The van der Waals surface area contributed by atoms with E-state index < -0.39 is 0 Å². The van der Waals surface area contributed by atoms with Crippen molar-refractivity contribution in [3.63, 3.8) is 0 Å². The first-order valence-corrected chi connectivity index (χ1v) is 5.04. The number of rotatable bonds is 2. The Hall–Kier alpha value is -0.830. The van der Waals surface area contributed by atoms with E-state index >= 15 is 0 Å². The van der Waals surface area contributed by atoms with Crippen LogP contribution in [0, 0.1) is 0 Å². The number of ether oxygens (including phenoxy) is 2. The third-order valence-corrected chi connectivity index (χ3v) is 2.97. The first kappa shape index (κ1) is 9.71. The van der Waals surface area contributed by atoms with Gasteiger partial charge in [-0.15, -0.1) is 0 Å². The second-order valence-corrected chi connectivity index (χ2v) is 4.58. The van der Waals surface area contributed by atoms with Gasteiger partial charge in [-0.1, -0.05) is 6.58 Å². The molecule has 2 aliphatic rings. The molecule has 2 fully saturated rings. The molecule has 3 unspecified atom stereocenters. The Morgan fingerprint density at radius 1 is 1.57 bits per heavy atom. The van der Waals surface area contributed by atoms with E-state index in [1.54, 1.807) is 6.92 Å². The summed E-state index contributed by atoms with van der Waals surface area (Å²) in [6.07, 6.45) is 3.49. The predicted octanol–water partition coefficient (Wildman–Crippen LogP) is 1.82. The second-order valence-electron chi connectivity index (χ2n) is 4.58. The van der Waals surface area contributed by atoms with Crippen LogP contribution in [-0.2, 0) is 14.3 Å². The summed E-state index contributed by atoms with van der Waals surface area (Å²) in [5, 5.41) is 0. The molecule has 1 saturated heterocycles. The largest absolute Gasteiger partial charge is 0.456 e. The van der Waals surface area contributed by atoms with Gasteiger partial charge in [0.25, 0.3) is 0 Å². The first-order chi connectivity index (χ1) is 6.50. The SMILES string of the molecule is C=C(C)C(=O)OC1(C)CCC2OC2C1. The van der Waals surface area contributed by atoms with Crippen molar-refractivity contribution in [2.75, 3.05) is 0 Å². The average molecular weight is 196 g/mol. The minimum absolute atomic E-state index is 0.286. The molecule has 2 rings (SSSR count). The van der Waals surface area contributed by atoms with Gasteiger partial charge in [0.1, 0.15) is 5.60 Å². The summed E-state index contributed by atoms with van der Waals surface area (Å²) in [6.45, 7) is 7.22. The minimum atomic E-state index is -0.340. The van der Waals surface area contributed by atoms with Crippen LogP contribution >= 0.6 is 0 Å². The Morgan fingerprint density at radius 3 is 2.86 bits per heavy atom. The molecule has 78 valence electrons. The predicted molar refractivity (Wildman–Crippen MR) is 51.8 cm³/mol. The highest BCUT2D eigenvalue weighted by Gasteiger charge is 2.50. The topological polar surface area (TPSA) is 38.8 Å². The van der Waals surface area contributed by atoms with E-state index in [9.17, 15) is 4.79 Å². The maximum atomic E-state index is 11.4. The summed E-state index contributed by atoms with van der Waals surface area (Å²) >= 11 is 0. The van der Waals surface area contributed by atoms with Gasteiger partial charge in [0.2, 0.25) is 0 Å². The zero-order valence-electron chi connectivity index (χ0n) is 8.71. The Balaban J connectivity index is 1.95. The van der Waals surface area contributed by atoms with Gasteiger partial charge in [0.05, 0.1) is 12.2 Å². The lowest BCUT2D eigenvalue weighted by Crippen LogP contribution is -2.36. The third-order valence-electron chi connectivity index (χ3n) is 2.97. The summed E-state index contributed by atoms with van der Waals surface area (Å²) in [4.78, 5) is 11.4. The van der Waals surface area contributed by atoms with E-state index in [2.05, 4.69) is 6.58 Å². The summed E-state index contributed by atoms with van der Waals surface area (Å²) in [6, 6.07) is 0. The van der Waals surface area contributed by atoms with Gasteiger partial charge in [0, 0.05) is 12.0 Å². The monoisotopic (exact) mass is 196 g/mol. The van der Waals surface area contributed by atoms with Crippen LogP contribution in [0.1, 0.15) is 33.1 Å². The van der Waals surface area contributed by atoms with Gasteiger partial charge in [0.15, 0.2) is 0 Å². The molecular formula is C11H16O3. The van der Waals surface area contributed by atoms with Gasteiger partial charge < -0.3 is 9.47 Å². The molecule has 0 N–H and O–H groups in total. The summed E-state index contributed by atoms with van der Waals surface area (Å²) in [5.41, 5.74) is 0.123. The van der Waals surface area contributed by atoms with Crippen molar-refractivity contribution in [3.05, 3.63) is 12.2 Å². The molecule has 0 aromatic rings. The fourth-order valence-electron chi connectivity index (χ4n) is 1.99. The average Bonchev–Trinajstić information content (AvgIpc) is 2.81. The molecular weight excluding hydrogens is 180 g/mol. The van der Waals surface area contributed by atoms with Crippen molar-refractivity contribution in [1.82, 2.24) is 0 Å².